The zero-order chi connectivity index (χ0) is 28.4. The molecule has 0 unspecified atom stereocenters. The quantitative estimate of drug-likeness (QED) is 0.248. The Morgan fingerprint density at radius 2 is 1.51 bits per heavy atom. The highest BCUT2D eigenvalue weighted by molar-refractivity contribution is 6.31. The molecular formula is C29H26ClNO8. The molecule has 0 aromatic heterocycles. The van der Waals surface area contributed by atoms with Crippen molar-refractivity contribution in [1.82, 2.24) is 0 Å². The lowest BCUT2D eigenvalue weighted by Gasteiger charge is -2.12. The topological polar surface area (TPSA) is 125 Å². The highest BCUT2D eigenvalue weighted by Crippen LogP contribution is 2.16. The first-order valence-electron chi connectivity index (χ1n) is 11.9. The standard InChI is InChI=1S/C29H26ClNO8/c1-18(28(35)21-4-3-5-22(30)16-21)39-27(34)15-14-26(33)31-23-10-6-20(7-11-23)29(36)38-17-25(32)19-8-12-24(37-2)13-9-19/h3-13,16,18H,14-15,17H2,1-2H3,(H,31,33)/t18-/m1/s1. The summed E-state index contributed by atoms with van der Waals surface area (Å²) < 4.78 is 15.3. The maximum Gasteiger partial charge on any atom is 0.338 e. The Bertz CT molecular complexity index is 1350. The van der Waals surface area contributed by atoms with E-state index in [4.69, 9.17) is 25.8 Å². The van der Waals surface area contributed by atoms with E-state index in [2.05, 4.69) is 5.32 Å². The first-order chi connectivity index (χ1) is 18.7. The number of anilines is 1. The summed E-state index contributed by atoms with van der Waals surface area (Å²) in [5.74, 6) is -2.02. The molecule has 0 bridgehead atoms. The molecule has 9 nitrogen and oxygen atoms in total. The lowest BCUT2D eigenvalue weighted by Crippen LogP contribution is -2.25. The van der Waals surface area contributed by atoms with Crippen molar-refractivity contribution >= 4 is 46.7 Å². The number of carbonyl (C=O) groups is 5. The van der Waals surface area contributed by atoms with Crippen molar-refractivity contribution in [2.24, 2.45) is 0 Å². The van der Waals surface area contributed by atoms with Gasteiger partial charge in [-0.05, 0) is 67.6 Å². The summed E-state index contributed by atoms with van der Waals surface area (Å²) in [5.41, 5.74) is 1.28. The van der Waals surface area contributed by atoms with Crippen molar-refractivity contribution in [2.75, 3.05) is 19.0 Å². The van der Waals surface area contributed by atoms with Crippen LogP contribution in [0.5, 0.6) is 5.75 Å². The number of nitrogens with one attached hydrogen (secondary N) is 1. The molecule has 1 atom stereocenters. The Morgan fingerprint density at radius 1 is 0.846 bits per heavy atom. The molecule has 0 saturated heterocycles. The van der Waals surface area contributed by atoms with Gasteiger partial charge in [0, 0.05) is 28.3 Å². The van der Waals surface area contributed by atoms with Crippen molar-refractivity contribution in [3.63, 3.8) is 0 Å². The zero-order valence-corrected chi connectivity index (χ0v) is 22.0. The molecular weight excluding hydrogens is 526 g/mol. The van der Waals surface area contributed by atoms with Crippen molar-refractivity contribution < 1.29 is 38.2 Å². The minimum absolute atomic E-state index is 0.172. The number of amides is 1. The van der Waals surface area contributed by atoms with E-state index < -0.39 is 36.3 Å². The van der Waals surface area contributed by atoms with Gasteiger partial charge >= 0.3 is 11.9 Å². The fourth-order valence-electron chi connectivity index (χ4n) is 3.39. The van der Waals surface area contributed by atoms with Crippen LogP contribution in [0.15, 0.2) is 72.8 Å². The van der Waals surface area contributed by atoms with Crippen LogP contribution in [0.4, 0.5) is 5.69 Å². The second kappa shape index (κ2) is 13.9. The molecule has 0 fully saturated rings. The number of benzene rings is 3. The Balaban J connectivity index is 1.41. The molecule has 0 radical (unpaired) electrons. The fraction of sp³-hybridized carbons (Fsp3) is 0.207. The number of hydrogen-bond donors (Lipinski definition) is 1. The molecule has 1 N–H and O–H groups in total. The molecule has 202 valence electrons. The number of ether oxygens (including phenoxy) is 3. The lowest BCUT2D eigenvalue weighted by atomic mass is 10.1. The maximum atomic E-state index is 12.4. The van der Waals surface area contributed by atoms with Crippen LogP contribution in [0.25, 0.3) is 0 Å². The van der Waals surface area contributed by atoms with E-state index in [1.165, 1.54) is 44.4 Å². The molecule has 3 aromatic carbocycles. The van der Waals surface area contributed by atoms with Gasteiger partial charge in [-0.25, -0.2) is 4.79 Å². The predicted octanol–water partition coefficient (Wildman–Crippen LogP) is 4.92. The zero-order valence-electron chi connectivity index (χ0n) is 21.3. The second-order valence-corrected chi connectivity index (χ2v) is 8.80. The van der Waals surface area contributed by atoms with Crippen LogP contribution in [-0.2, 0) is 19.1 Å². The Kier molecular flexibility index (Phi) is 10.3. The van der Waals surface area contributed by atoms with E-state index in [9.17, 15) is 24.0 Å². The lowest BCUT2D eigenvalue weighted by molar-refractivity contribution is -0.147. The molecule has 3 aromatic rings. The summed E-state index contributed by atoms with van der Waals surface area (Å²) in [4.78, 5) is 61.2. The Morgan fingerprint density at radius 3 is 2.15 bits per heavy atom. The van der Waals surface area contributed by atoms with Gasteiger partial charge in [0.25, 0.3) is 0 Å². The van der Waals surface area contributed by atoms with Gasteiger partial charge in [0.15, 0.2) is 18.5 Å². The number of hydrogen-bond acceptors (Lipinski definition) is 8. The molecule has 1 amide bonds. The second-order valence-electron chi connectivity index (χ2n) is 8.36. The number of rotatable bonds is 12. The van der Waals surface area contributed by atoms with Crippen LogP contribution in [0.1, 0.15) is 50.8 Å². The van der Waals surface area contributed by atoms with Gasteiger partial charge < -0.3 is 19.5 Å². The third kappa shape index (κ3) is 8.79. The molecule has 0 aliphatic heterocycles. The number of Topliss-reactive ketones (excluding diaryl/α,β-unsaturated/α-hetero) is 2. The van der Waals surface area contributed by atoms with Crippen molar-refractivity contribution in [3.8, 4) is 5.75 Å². The number of carbonyl (C=O) groups excluding carboxylic acids is 5. The Hall–Kier alpha value is -4.50. The minimum atomic E-state index is -1.03. The third-order valence-corrected chi connectivity index (χ3v) is 5.73. The van der Waals surface area contributed by atoms with Gasteiger partial charge in [0.2, 0.25) is 11.7 Å². The fourth-order valence-corrected chi connectivity index (χ4v) is 3.58. The molecule has 10 heteroatoms. The first-order valence-corrected chi connectivity index (χ1v) is 12.3. The van der Waals surface area contributed by atoms with Gasteiger partial charge in [0.05, 0.1) is 19.1 Å². The molecule has 0 aliphatic rings. The van der Waals surface area contributed by atoms with Gasteiger partial charge in [-0.1, -0.05) is 23.7 Å². The minimum Gasteiger partial charge on any atom is -0.497 e. The normalized spacial score (nSPS) is 11.2. The largest absolute Gasteiger partial charge is 0.497 e. The predicted molar refractivity (Wildman–Crippen MR) is 143 cm³/mol. The SMILES string of the molecule is COc1ccc(C(=O)COC(=O)c2ccc(NC(=O)CCC(=O)O[C@H](C)C(=O)c3cccc(Cl)c3)cc2)cc1. The molecule has 0 aliphatic carbocycles. The van der Waals surface area contributed by atoms with Crippen LogP contribution in [-0.4, -0.2) is 49.2 Å². The summed E-state index contributed by atoms with van der Waals surface area (Å²) in [7, 11) is 1.52. The van der Waals surface area contributed by atoms with E-state index in [1.807, 2.05) is 0 Å². The molecule has 39 heavy (non-hydrogen) atoms. The van der Waals surface area contributed by atoms with Gasteiger partial charge in [-0.3, -0.25) is 19.2 Å². The van der Waals surface area contributed by atoms with Crippen LogP contribution in [0.3, 0.4) is 0 Å². The first kappa shape index (κ1) is 29.1. The van der Waals surface area contributed by atoms with Crippen molar-refractivity contribution in [1.29, 1.82) is 0 Å². The monoisotopic (exact) mass is 551 g/mol. The van der Waals surface area contributed by atoms with E-state index in [1.54, 1.807) is 42.5 Å². The van der Waals surface area contributed by atoms with E-state index in [0.717, 1.165) is 0 Å². The van der Waals surface area contributed by atoms with E-state index in [-0.39, 0.29) is 24.2 Å². The summed E-state index contributed by atoms with van der Waals surface area (Å²) in [6.45, 7) is 1.02. The maximum absolute atomic E-state index is 12.4. The Labute approximate surface area is 230 Å². The molecule has 0 saturated carbocycles. The number of esters is 2. The van der Waals surface area contributed by atoms with E-state index in [0.29, 0.717) is 27.6 Å². The smallest absolute Gasteiger partial charge is 0.338 e. The summed E-state index contributed by atoms with van der Waals surface area (Å²) in [5, 5.41) is 3.00. The van der Waals surface area contributed by atoms with Crippen LogP contribution < -0.4 is 10.1 Å². The number of ketones is 2. The van der Waals surface area contributed by atoms with Crippen LogP contribution >= 0.6 is 11.6 Å². The average molecular weight is 552 g/mol. The molecule has 0 spiro atoms. The highest BCUT2D eigenvalue weighted by Gasteiger charge is 2.20. The van der Waals surface area contributed by atoms with Gasteiger partial charge in [0.1, 0.15) is 5.75 Å². The van der Waals surface area contributed by atoms with Gasteiger partial charge in [-0.15, -0.1) is 0 Å². The highest BCUT2D eigenvalue weighted by atomic mass is 35.5. The van der Waals surface area contributed by atoms with Crippen LogP contribution in [0, 0.1) is 0 Å². The average Bonchev–Trinajstić information content (AvgIpc) is 2.94. The van der Waals surface area contributed by atoms with Crippen molar-refractivity contribution in [3.05, 3.63) is 94.5 Å². The number of halogens is 1. The third-order valence-electron chi connectivity index (χ3n) is 5.49. The van der Waals surface area contributed by atoms with E-state index >= 15 is 0 Å². The van der Waals surface area contributed by atoms with Gasteiger partial charge in [-0.2, -0.15) is 0 Å². The van der Waals surface area contributed by atoms with Crippen molar-refractivity contribution in [2.45, 2.75) is 25.9 Å². The molecule has 0 heterocycles. The summed E-state index contributed by atoms with van der Waals surface area (Å²) in [6, 6.07) is 18.6. The molecule has 3 rings (SSSR count). The van der Waals surface area contributed by atoms with Crippen LogP contribution in [0.2, 0.25) is 5.02 Å². The number of methoxy groups -OCH3 is 1. The summed E-state index contributed by atoms with van der Waals surface area (Å²) in [6.07, 6.45) is -1.43. The summed E-state index contributed by atoms with van der Waals surface area (Å²) >= 11 is 5.89.